The first kappa shape index (κ1) is 14.8. The average Bonchev–Trinajstić information content (AvgIpc) is 2.43. The lowest BCUT2D eigenvalue weighted by atomic mass is 9.88. The van der Waals surface area contributed by atoms with E-state index in [1.807, 2.05) is 0 Å². The van der Waals surface area contributed by atoms with Gasteiger partial charge in [-0.3, -0.25) is 0 Å². The van der Waals surface area contributed by atoms with E-state index in [0.29, 0.717) is 17.2 Å². The van der Waals surface area contributed by atoms with Gasteiger partial charge in [-0.15, -0.1) is 0 Å². The lowest BCUT2D eigenvalue weighted by Crippen LogP contribution is -2.34. The number of benzene rings is 1. The molecule has 2 rings (SSSR count). The first-order valence-electron chi connectivity index (χ1n) is 6.99. The molecule has 0 spiro atoms. The number of halogens is 2. The molecule has 0 amide bonds. The van der Waals surface area contributed by atoms with Crippen molar-refractivity contribution in [2.24, 2.45) is 5.92 Å². The van der Waals surface area contributed by atoms with E-state index >= 15 is 0 Å². The Labute approximate surface area is 119 Å². The van der Waals surface area contributed by atoms with Crippen LogP contribution in [0.1, 0.15) is 37.8 Å². The van der Waals surface area contributed by atoms with E-state index < -0.39 is 0 Å². The van der Waals surface area contributed by atoms with Crippen molar-refractivity contribution in [2.45, 2.75) is 32.2 Å². The summed E-state index contributed by atoms with van der Waals surface area (Å²) in [6.45, 7) is 4.43. The zero-order valence-corrected chi connectivity index (χ0v) is 12.0. The van der Waals surface area contributed by atoms with Gasteiger partial charge >= 0.3 is 0 Å². The fraction of sp³-hybridized carbons (Fsp3) is 0.600. The van der Waals surface area contributed by atoms with Gasteiger partial charge in [0.15, 0.2) is 0 Å². The van der Waals surface area contributed by atoms with Crippen LogP contribution in [0, 0.1) is 11.7 Å². The molecule has 2 unspecified atom stereocenters. The summed E-state index contributed by atoms with van der Waals surface area (Å²) in [5.41, 5.74) is 0.591. The topological polar surface area (TPSA) is 21.3 Å². The monoisotopic (exact) mass is 285 g/mol. The Morgan fingerprint density at radius 2 is 2.37 bits per heavy atom. The Kier molecular flexibility index (Phi) is 5.61. The van der Waals surface area contributed by atoms with Crippen molar-refractivity contribution in [1.29, 1.82) is 0 Å². The summed E-state index contributed by atoms with van der Waals surface area (Å²) in [5, 5.41) is 3.93. The lowest BCUT2D eigenvalue weighted by Gasteiger charge is -2.32. The number of rotatable bonds is 5. The van der Waals surface area contributed by atoms with Gasteiger partial charge < -0.3 is 10.1 Å². The predicted molar refractivity (Wildman–Crippen MR) is 76.0 cm³/mol. The minimum atomic E-state index is -0.230. The highest BCUT2D eigenvalue weighted by molar-refractivity contribution is 6.31. The number of hydrogen-bond donors (Lipinski definition) is 1. The summed E-state index contributed by atoms with van der Waals surface area (Å²) in [6, 6.07) is 4.82. The van der Waals surface area contributed by atoms with Crippen LogP contribution in [-0.4, -0.2) is 19.8 Å². The summed E-state index contributed by atoms with van der Waals surface area (Å²) >= 11 is 6.20. The van der Waals surface area contributed by atoms with Crippen molar-refractivity contribution >= 4 is 11.6 Å². The third-order valence-electron chi connectivity index (χ3n) is 3.59. The molecule has 1 aromatic rings. The molecule has 1 aromatic carbocycles. The van der Waals surface area contributed by atoms with E-state index in [-0.39, 0.29) is 17.8 Å². The van der Waals surface area contributed by atoms with E-state index in [2.05, 4.69) is 12.2 Å². The molecule has 0 bridgehead atoms. The van der Waals surface area contributed by atoms with Crippen LogP contribution in [0.15, 0.2) is 18.2 Å². The molecule has 2 nitrogen and oxygen atoms in total. The molecular formula is C15H21ClFNO. The maximum absolute atomic E-state index is 14.1. The first-order chi connectivity index (χ1) is 9.24. The molecule has 0 aromatic heterocycles. The van der Waals surface area contributed by atoms with Gasteiger partial charge in [-0.2, -0.15) is 0 Å². The molecule has 1 N–H and O–H groups in total. The summed E-state index contributed by atoms with van der Waals surface area (Å²) < 4.78 is 19.7. The van der Waals surface area contributed by atoms with Crippen LogP contribution >= 0.6 is 11.6 Å². The van der Waals surface area contributed by atoms with E-state index in [4.69, 9.17) is 16.3 Å². The highest BCUT2D eigenvalue weighted by Crippen LogP contribution is 2.34. The van der Waals surface area contributed by atoms with E-state index in [0.717, 1.165) is 32.4 Å². The molecule has 0 aliphatic carbocycles. The Morgan fingerprint density at radius 1 is 1.53 bits per heavy atom. The van der Waals surface area contributed by atoms with Gasteiger partial charge in [-0.25, -0.2) is 4.39 Å². The Bertz CT molecular complexity index is 387. The second kappa shape index (κ2) is 7.22. The quantitative estimate of drug-likeness (QED) is 0.884. The average molecular weight is 286 g/mol. The van der Waals surface area contributed by atoms with Gasteiger partial charge in [-0.1, -0.05) is 24.6 Å². The van der Waals surface area contributed by atoms with Crippen molar-refractivity contribution in [1.82, 2.24) is 5.32 Å². The highest BCUT2D eigenvalue weighted by atomic mass is 35.5. The van der Waals surface area contributed by atoms with Gasteiger partial charge in [-0.05, 0) is 37.9 Å². The van der Waals surface area contributed by atoms with Crippen molar-refractivity contribution in [3.63, 3.8) is 0 Å². The minimum Gasteiger partial charge on any atom is -0.381 e. The molecule has 1 aliphatic heterocycles. The molecule has 106 valence electrons. The van der Waals surface area contributed by atoms with Crippen LogP contribution in [0.5, 0.6) is 0 Å². The zero-order chi connectivity index (χ0) is 13.7. The summed E-state index contributed by atoms with van der Waals surface area (Å²) in [5.74, 6) is 0.0568. The van der Waals surface area contributed by atoms with Crippen molar-refractivity contribution in [2.75, 3.05) is 19.8 Å². The fourth-order valence-corrected chi connectivity index (χ4v) is 2.92. The van der Waals surface area contributed by atoms with Crippen LogP contribution in [0.3, 0.4) is 0 Å². The van der Waals surface area contributed by atoms with Crippen LogP contribution in [0.25, 0.3) is 0 Å². The largest absolute Gasteiger partial charge is 0.381 e. The standard InChI is InChI=1S/C15H21ClFNO/c1-2-8-18-15(11-5-4-9-19-10-11)14-12(16)6-3-7-13(14)17/h3,6-7,11,15,18H,2,4-5,8-10H2,1H3. The molecule has 1 heterocycles. The lowest BCUT2D eigenvalue weighted by molar-refractivity contribution is 0.0385. The maximum Gasteiger partial charge on any atom is 0.129 e. The van der Waals surface area contributed by atoms with E-state index in [1.54, 1.807) is 12.1 Å². The molecule has 1 fully saturated rings. The molecule has 1 aliphatic rings. The van der Waals surface area contributed by atoms with Gasteiger partial charge in [0.1, 0.15) is 5.82 Å². The van der Waals surface area contributed by atoms with Crippen LogP contribution in [0.4, 0.5) is 4.39 Å². The summed E-state index contributed by atoms with van der Waals surface area (Å²) in [6.07, 6.45) is 3.09. The van der Waals surface area contributed by atoms with Gasteiger partial charge in [0.05, 0.1) is 6.61 Å². The molecule has 4 heteroatoms. The Balaban J connectivity index is 2.25. The zero-order valence-electron chi connectivity index (χ0n) is 11.3. The fourth-order valence-electron chi connectivity index (χ4n) is 2.64. The van der Waals surface area contributed by atoms with Crippen molar-refractivity contribution < 1.29 is 9.13 Å². The second-order valence-electron chi connectivity index (χ2n) is 5.04. The second-order valence-corrected chi connectivity index (χ2v) is 5.45. The predicted octanol–water partition coefficient (Wildman–Crippen LogP) is 3.95. The number of ether oxygens (including phenoxy) is 1. The van der Waals surface area contributed by atoms with Crippen molar-refractivity contribution in [3.8, 4) is 0 Å². The van der Waals surface area contributed by atoms with Crippen LogP contribution < -0.4 is 5.32 Å². The van der Waals surface area contributed by atoms with Gasteiger partial charge in [0.25, 0.3) is 0 Å². The van der Waals surface area contributed by atoms with Crippen LogP contribution in [-0.2, 0) is 4.74 Å². The Hall–Kier alpha value is -0.640. The normalized spacial score (nSPS) is 21.3. The van der Waals surface area contributed by atoms with Gasteiger partial charge in [0.2, 0.25) is 0 Å². The SMILES string of the molecule is CCCNC(c1c(F)cccc1Cl)C1CCCOC1. The van der Waals surface area contributed by atoms with E-state index in [1.165, 1.54) is 6.07 Å². The maximum atomic E-state index is 14.1. The minimum absolute atomic E-state index is 0.0612. The molecule has 2 atom stereocenters. The summed E-state index contributed by atoms with van der Waals surface area (Å²) in [4.78, 5) is 0. The first-order valence-corrected chi connectivity index (χ1v) is 7.37. The Morgan fingerprint density at radius 3 is 3.00 bits per heavy atom. The third kappa shape index (κ3) is 3.68. The van der Waals surface area contributed by atoms with Gasteiger partial charge in [0, 0.05) is 29.2 Å². The van der Waals surface area contributed by atoms with E-state index in [9.17, 15) is 4.39 Å². The third-order valence-corrected chi connectivity index (χ3v) is 3.92. The molecule has 1 saturated heterocycles. The molecule has 19 heavy (non-hydrogen) atoms. The number of hydrogen-bond acceptors (Lipinski definition) is 2. The smallest absolute Gasteiger partial charge is 0.129 e. The molecular weight excluding hydrogens is 265 g/mol. The molecule has 0 radical (unpaired) electrons. The van der Waals surface area contributed by atoms with Crippen LogP contribution in [0.2, 0.25) is 5.02 Å². The highest BCUT2D eigenvalue weighted by Gasteiger charge is 2.28. The number of nitrogens with one attached hydrogen (secondary N) is 1. The summed E-state index contributed by atoms with van der Waals surface area (Å²) in [7, 11) is 0. The van der Waals surface area contributed by atoms with Crippen molar-refractivity contribution in [3.05, 3.63) is 34.6 Å². The molecule has 0 saturated carbocycles.